The number of ether oxygens (including phenoxy) is 1. The van der Waals surface area contributed by atoms with Gasteiger partial charge in [-0.05, 0) is 41.5 Å². The van der Waals surface area contributed by atoms with E-state index in [1.165, 1.54) is 18.2 Å². The zero-order valence-electron chi connectivity index (χ0n) is 13.6. The van der Waals surface area contributed by atoms with Crippen molar-refractivity contribution in [1.82, 2.24) is 0 Å². The Kier molecular flexibility index (Phi) is 5.37. The van der Waals surface area contributed by atoms with Crippen molar-refractivity contribution in [2.24, 2.45) is 0 Å². The summed E-state index contributed by atoms with van der Waals surface area (Å²) in [6.45, 7) is 0.502. The molecule has 3 heteroatoms. The lowest BCUT2D eigenvalue weighted by Gasteiger charge is -2.06. The summed E-state index contributed by atoms with van der Waals surface area (Å²) in [6, 6.07) is 23.3. The second kappa shape index (κ2) is 8.06. The molecule has 0 unspecified atom stereocenters. The highest BCUT2D eigenvalue weighted by Crippen LogP contribution is 2.16. The van der Waals surface area contributed by atoms with Gasteiger partial charge in [0.15, 0.2) is 5.78 Å². The molecular formula is C22H17FO2. The van der Waals surface area contributed by atoms with Gasteiger partial charge in [-0.25, -0.2) is 4.39 Å². The minimum Gasteiger partial charge on any atom is -0.489 e. The molecule has 0 bridgehead atoms. The van der Waals surface area contributed by atoms with Gasteiger partial charge in [-0.15, -0.1) is 0 Å². The van der Waals surface area contributed by atoms with Crippen molar-refractivity contribution in [3.05, 3.63) is 107 Å². The van der Waals surface area contributed by atoms with Crippen molar-refractivity contribution >= 4 is 11.9 Å². The quantitative estimate of drug-likeness (QED) is 0.452. The van der Waals surface area contributed by atoms with Crippen molar-refractivity contribution in [3.63, 3.8) is 0 Å². The molecule has 3 aromatic carbocycles. The minimum atomic E-state index is -0.512. The zero-order valence-corrected chi connectivity index (χ0v) is 13.6. The second-order valence-electron chi connectivity index (χ2n) is 5.52. The fourth-order valence-electron chi connectivity index (χ4n) is 2.34. The van der Waals surface area contributed by atoms with E-state index in [2.05, 4.69) is 0 Å². The number of carbonyl (C=O) groups is 1. The van der Waals surface area contributed by atoms with E-state index in [4.69, 9.17) is 4.74 Å². The van der Waals surface area contributed by atoms with E-state index >= 15 is 0 Å². The third-order valence-electron chi connectivity index (χ3n) is 3.69. The van der Waals surface area contributed by atoms with Crippen LogP contribution >= 0.6 is 0 Å². The Morgan fingerprint density at radius 3 is 2.28 bits per heavy atom. The van der Waals surface area contributed by atoms with Crippen LogP contribution in [0.25, 0.3) is 6.08 Å². The van der Waals surface area contributed by atoms with E-state index in [0.29, 0.717) is 6.61 Å². The molecule has 0 atom stereocenters. The Balaban J connectivity index is 1.60. The van der Waals surface area contributed by atoms with Gasteiger partial charge >= 0.3 is 0 Å². The van der Waals surface area contributed by atoms with E-state index in [1.807, 2.05) is 54.6 Å². The summed E-state index contributed by atoms with van der Waals surface area (Å²) >= 11 is 0. The highest BCUT2D eigenvalue weighted by atomic mass is 19.1. The number of rotatable bonds is 6. The Hall–Kier alpha value is -3.20. The fraction of sp³-hybridized carbons (Fsp3) is 0.0455. The first-order valence-electron chi connectivity index (χ1n) is 7.96. The van der Waals surface area contributed by atoms with Gasteiger partial charge in [-0.1, -0.05) is 60.7 Å². The SMILES string of the molecule is O=C(C=Cc1ccc(OCc2ccccc2)cc1)c1ccccc1F. The number of hydrogen-bond acceptors (Lipinski definition) is 2. The van der Waals surface area contributed by atoms with Crippen LogP contribution < -0.4 is 4.74 Å². The lowest BCUT2D eigenvalue weighted by molar-refractivity contribution is 0.104. The molecule has 0 fully saturated rings. The predicted molar refractivity (Wildman–Crippen MR) is 97.0 cm³/mol. The van der Waals surface area contributed by atoms with Gasteiger partial charge in [-0.3, -0.25) is 4.79 Å². The molecule has 3 aromatic rings. The monoisotopic (exact) mass is 332 g/mol. The number of benzene rings is 3. The molecule has 0 saturated carbocycles. The van der Waals surface area contributed by atoms with Crippen molar-refractivity contribution in [2.75, 3.05) is 0 Å². The van der Waals surface area contributed by atoms with Crippen LogP contribution in [0.5, 0.6) is 5.75 Å². The van der Waals surface area contributed by atoms with Gasteiger partial charge in [-0.2, -0.15) is 0 Å². The van der Waals surface area contributed by atoms with Gasteiger partial charge in [0.25, 0.3) is 0 Å². The lowest BCUT2D eigenvalue weighted by atomic mass is 10.1. The number of allylic oxidation sites excluding steroid dienone is 1. The summed E-state index contributed by atoms with van der Waals surface area (Å²) in [5, 5.41) is 0. The molecule has 0 saturated heterocycles. The molecule has 0 aliphatic heterocycles. The van der Waals surface area contributed by atoms with Crippen LogP contribution in [0.2, 0.25) is 0 Å². The fourth-order valence-corrected chi connectivity index (χ4v) is 2.34. The maximum atomic E-state index is 13.6. The van der Waals surface area contributed by atoms with Crippen LogP contribution in [0.4, 0.5) is 4.39 Å². The third kappa shape index (κ3) is 4.64. The van der Waals surface area contributed by atoms with E-state index in [9.17, 15) is 9.18 Å². The minimum absolute atomic E-state index is 0.0709. The van der Waals surface area contributed by atoms with Crippen LogP contribution in [-0.4, -0.2) is 5.78 Å². The first-order valence-corrected chi connectivity index (χ1v) is 7.96. The van der Waals surface area contributed by atoms with E-state index in [-0.39, 0.29) is 11.3 Å². The van der Waals surface area contributed by atoms with Gasteiger partial charge in [0.1, 0.15) is 18.2 Å². The summed E-state index contributed by atoms with van der Waals surface area (Å²) in [6.07, 6.45) is 3.04. The molecule has 0 spiro atoms. The Morgan fingerprint density at radius 1 is 0.880 bits per heavy atom. The summed E-state index contributed by atoms with van der Waals surface area (Å²) in [5.74, 6) is -0.120. The molecule has 0 radical (unpaired) electrons. The van der Waals surface area contributed by atoms with Crippen molar-refractivity contribution in [3.8, 4) is 5.75 Å². The smallest absolute Gasteiger partial charge is 0.188 e. The summed E-state index contributed by atoms with van der Waals surface area (Å²) < 4.78 is 19.3. The Morgan fingerprint density at radius 2 is 1.56 bits per heavy atom. The summed E-state index contributed by atoms with van der Waals surface area (Å²) in [7, 11) is 0. The van der Waals surface area contributed by atoms with E-state index < -0.39 is 5.82 Å². The van der Waals surface area contributed by atoms with Crippen molar-refractivity contribution < 1.29 is 13.9 Å². The van der Waals surface area contributed by atoms with Crippen molar-refractivity contribution in [2.45, 2.75) is 6.61 Å². The molecule has 0 N–H and O–H groups in total. The Bertz CT molecular complexity index is 868. The average Bonchev–Trinajstić information content (AvgIpc) is 2.66. The van der Waals surface area contributed by atoms with Gasteiger partial charge < -0.3 is 4.74 Å². The summed E-state index contributed by atoms with van der Waals surface area (Å²) in [5.41, 5.74) is 2.01. The van der Waals surface area contributed by atoms with Gasteiger partial charge in [0, 0.05) is 0 Å². The molecule has 0 aliphatic carbocycles. The number of hydrogen-bond donors (Lipinski definition) is 0. The maximum Gasteiger partial charge on any atom is 0.188 e. The second-order valence-corrected chi connectivity index (χ2v) is 5.52. The number of carbonyl (C=O) groups excluding carboxylic acids is 1. The Labute approximate surface area is 146 Å². The molecule has 0 heterocycles. The molecular weight excluding hydrogens is 315 g/mol. The molecule has 3 rings (SSSR count). The molecule has 0 aliphatic rings. The summed E-state index contributed by atoms with van der Waals surface area (Å²) in [4.78, 5) is 12.0. The lowest BCUT2D eigenvalue weighted by Crippen LogP contribution is -1.97. The first kappa shape index (κ1) is 16.7. The molecule has 124 valence electrons. The highest BCUT2D eigenvalue weighted by Gasteiger charge is 2.07. The van der Waals surface area contributed by atoms with Crippen LogP contribution in [-0.2, 0) is 6.61 Å². The van der Waals surface area contributed by atoms with Gasteiger partial charge in [0.2, 0.25) is 0 Å². The number of halogens is 1. The number of ketones is 1. The predicted octanol–water partition coefficient (Wildman–Crippen LogP) is 5.30. The van der Waals surface area contributed by atoms with Crippen LogP contribution in [0.15, 0.2) is 84.9 Å². The molecule has 0 aromatic heterocycles. The molecule has 0 amide bonds. The van der Waals surface area contributed by atoms with Crippen molar-refractivity contribution in [1.29, 1.82) is 0 Å². The van der Waals surface area contributed by atoms with Crippen LogP contribution in [0, 0.1) is 5.82 Å². The average molecular weight is 332 g/mol. The topological polar surface area (TPSA) is 26.3 Å². The van der Waals surface area contributed by atoms with E-state index in [0.717, 1.165) is 16.9 Å². The third-order valence-corrected chi connectivity index (χ3v) is 3.69. The van der Waals surface area contributed by atoms with Crippen LogP contribution in [0.1, 0.15) is 21.5 Å². The largest absolute Gasteiger partial charge is 0.489 e. The van der Waals surface area contributed by atoms with Crippen LogP contribution in [0.3, 0.4) is 0 Å². The first-order chi connectivity index (χ1) is 12.2. The van der Waals surface area contributed by atoms with Gasteiger partial charge in [0.05, 0.1) is 5.56 Å². The molecule has 2 nitrogen and oxygen atoms in total. The maximum absolute atomic E-state index is 13.6. The highest BCUT2D eigenvalue weighted by molar-refractivity contribution is 6.06. The molecule has 25 heavy (non-hydrogen) atoms. The standard InChI is InChI=1S/C22H17FO2/c23-21-9-5-4-8-20(21)22(24)15-12-17-10-13-19(14-11-17)25-16-18-6-2-1-3-7-18/h1-15H,16H2. The zero-order chi connectivity index (χ0) is 17.5. The van der Waals surface area contributed by atoms with E-state index in [1.54, 1.807) is 18.2 Å². The normalized spacial score (nSPS) is 10.8.